The van der Waals surface area contributed by atoms with Gasteiger partial charge in [0.1, 0.15) is 6.10 Å². The van der Waals surface area contributed by atoms with Crippen molar-refractivity contribution in [2.24, 2.45) is 16.5 Å². The fraction of sp³-hybridized carbons (Fsp3) is 0.714. The van der Waals surface area contributed by atoms with Crippen LogP contribution in [0.4, 0.5) is 4.79 Å². The second-order valence-corrected chi connectivity index (χ2v) is 3.35. The number of aliphatic imine (C=N–C) groups is 1. The molecule has 1 heterocycles. The lowest BCUT2D eigenvalue weighted by Crippen LogP contribution is -2.57. The number of aliphatic hydroxyl groups is 2. The van der Waals surface area contributed by atoms with Gasteiger partial charge < -0.3 is 31.7 Å². The van der Waals surface area contributed by atoms with Crippen LogP contribution in [0.2, 0.25) is 0 Å². The van der Waals surface area contributed by atoms with Crippen molar-refractivity contribution in [2.75, 3.05) is 6.61 Å². The second kappa shape index (κ2) is 4.01. The highest BCUT2D eigenvalue weighted by Gasteiger charge is 2.47. The number of urea groups is 1. The molecule has 3 atom stereocenters. The third kappa shape index (κ3) is 2.55. The number of nitrogens with one attached hydrogen (secondary N) is 1. The Labute approximate surface area is 85.9 Å². The maximum Gasteiger partial charge on any atom is 0.346 e. The number of carbonyl (C=O) groups excluding carboxylic acids is 1. The largest absolute Gasteiger partial charge is 0.385 e. The third-order valence-corrected chi connectivity index (χ3v) is 2.05. The van der Waals surface area contributed by atoms with Crippen LogP contribution in [0.25, 0.3) is 0 Å². The first-order valence-electron chi connectivity index (χ1n) is 4.29. The summed E-state index contributed by atoms with van der Waals surface area (Å²) in [5.41, 5.74) is 8.08. The molecule has 1 saturated heterocycles. The van der Waals surface area contributed by atoms with E-state index in [1.54, 1.807) is 6.92 Å². The van der Waals surface area contributed by atoms with Crippen molar-refractivity contribution >= 4 is 12.0 Å². The van der Waals surface area contributed by atoms with Crippen LogP contribution in [0, 0.1) is 0 Å². The molecular formula is C7H14N4O4. The van der Waals surface area contributed by atoms with E-state index in [9.17, 15) is 15.0 Å². The quantitative estimate of drug-likeness (QED) is 0.186. The van der Waals surface area contributed by atoms with Crippen LogP contribution in [-0.4, -0.2) is 46.7 Å². The average molecular weight is 218 g/mol. The molecule has 1 aliphatic rings. The second-order valence-electron chi connectivity index (χ2n) is 3.35. The van der Waals surface area contributed by atoms with Gasteiger partial charge in [0, 0.05) is 0 Å². The molecule has 0 aromatic rings. The number of rotatable bonds is 1. The maximum absolute atomic E-state index is 11.1. The van der Waals surface area contributed by atoms with E-state index >= 15 is 0 Å². The molecule has 15 heavy (non-hydrogen) atoms. The molecule has 7 N–H and O–H groups in total. The predicted molar refractivity (Wildman–Crippen MR) is 50.7 cm³/mol. The van der Waals surface area contributed by atoms with Gasteiger partial charge in [-0.1, -0.05) is 0 Å². The fourth-order valence-electron chi connectivity index (χ4n) is 1.26. The SMILES string of the molecule is CC1OCC(O)(NC(=O)N=C(N)N)C1O. The van der Waals surface area contributed by atoms with Crippen LogP contribution < -0.4 is 16.8 Å². The molecule has 0 saturated carbocycles. The van der Waals surface area contributed by atoms with Crippen molar-refractivity contribution in [1.29, 1.82) is 0 Å². The molecule has 0 bridgehead atoms. The standard InChI is InChI=1S/C7H14N4O4/c1-3-4(12)7(14,2-15-3)11-6(13)10-5(8)9/h3-4,12,14H,2H2,1H3,(H5,8,9,10,11,13). The van der Waals surface area contributed by atoms with Crippen LogP contribution in [0.5, 0.6) is 0 Å². The van der Waals surface area contributed by atoms with Gasteiger partial charge in [-0.05, 0) is 6.92 Å². The summed E-state index contributed by atoms with van der Waals surface area (Å²) in [6.07, 6.45) is -1.80. The highest BCUT2D eigenvalue weighted by atomic mass is 16.5. The number of nitrogens with zero attached hydrogens (tertiary/aromatic N) is 1. The van der Waals surface area contributed by atoms with E-state index in [1.807, 2.05) is 0 Å². The fourth-order valence-corrected chi connectivity index (χ4v) is 1.26. The predicted octanol–water partition coefficient (Wildman–Crippen LogP) is -2.56. The number of carbonyl (C=O) groups is 1. The Morgan fingerprint density at radius 2 is 2.27 bits per heavy atom. The maximum atomic E-state index is 11.1. The van der Waals surface area contributed by atoms with Crippen molar-refractivity contribution in [3.63, 3.8) is 0 Å². The van der Waals surface area contributed by atoms with E-state index in [-0.39, 0.29) is 6.61 Å². The minimum atomic E-state index is -1.85. The zero-order valence-electron chi connectivity index (χ0n) is 8.17. The molecule has 0 aliphatic carbocycles. The number of hydrogen-bond donors (Lipinski definition) is 5. The number of amides is 2. The van der Waals surface area contributed by atoms with Gasteiger partial charge in [0.2, 0.25) is 0 Å². The van der Waals surface area contributed by atoms with Gasteiger partial charge in [-0.3, -0.25) is 0 Å². The van der Waals surface area contributed by atoms with Crippen molar-refractivity contribution < 1.29 is 19.7 Å². The molecular weight excluding hydrogens is 204 g/mol. The van der Waals surface area contributed by atoms with Gasteiger partial charge in [0.25, 0.3) is 0 Å². The van der Waals surface area contributed by atoms with Gasteiger partial charge in [-0.2, -0.15) is 4.99 Å². The first kappa shape index (κ1) is 11.7. The first-order valence-corrected chi connectivity index (χ1v) is 4.29. The smallest absolute Gasteiger partial charge is 0.346 e. The van der Waals surface area contributed by atoms with Crippen LogP contribution in [-0.2, 0) is 4.74 Å². The van der Waals surface area contributed by atoms with Crippen molar-refractivity contribution in [3.8, 4) is 0 Å². The Morgan fingerprint density at radius 3 is 2.67 bits per heavy atom. The summed E-state index contributed by atoms with van der Waals surface area (Å²) in [6, 6.07) is -0.936. The van der Waals surface area contributed by atoms with Gasteiger partial charge >= 0.3 is 6.03 Å². The van der Waals surface area contributed by atoms with E-state index in [0.717, 1.165) is 0 Å². The monoisotopic (exact) mass is 218 g/mol. The van der Waals surface area contributed by atoms with Gasteiger partial charge in [0.05, 0.1) is 12.7 Å². The van der Waals surface area contributed by atoms with Gasteiger partial charge in [0.15, 0.2) is 11.7 Å². The van der Waals surface area contributed by atoms with Crippen molar-refractivity contribution in [2.45, 2.75) is 24.9 Å². The lowest BCUT2D eigenvalue weighted by molar-refractivity contribution is -0.0626. The minimum Gasteiger partial charge on any atom is -0.385 e. The van der Waals surface area contributed by atoms with Crippen molar-refractivity contribution in [3.05, 3.63) is 0 Å². The van der Waals surface area contributed by atoms with Crippen LogP contribution in [0.15, 0.2) is 4.99 Å². The summed E-state index contributed by atoms with van der Waals surface area (Å²) < 4.78 is 4.96. The Morgan fingerprint density at radius 1 is 1.67 bits per heavy atom. The summed E-state index contributed by atoms with van der Waals surface area (Å²) in [4.78, 5) is 14.2. The third-order valence-electron chi connectivity index (χ3n) is 2.05. The molecule has 1 rings (SSSR count). The average Bonchev–Trinajstić information content (AvgIpc) is 2.32. The summed E-state index contributed by atoms with van der Waals surface area (Å²) in [6.45, 7) is 1.34. The lowest BCUT2D eigenvalue weighted by atomic mass is 10.1. The van der Waals surface area contributed by atoms with E-state index < -0.39 is 29.9 Å². The van der Waals surface area contributed by atoms with Crippen LogP contribution >= 0.6 is 0 Å². The molecule has 8 nitrogen and oxygen atoms in total. The summed E-state index contributed by atoms with van der Waals surface area (Å²) >= 11 is 0. The lowest BCUT2D eigenvalue weighted by Gasteiger charge is -2.25. The van der Waals surface area contributed by atoms with Gasteiger partial charge in [-0.15, -0.1) is 0 Å². The van der Waals surface area contributed by atoms with E-state index in [1.165, 1.54) is 0 Å². The summed E-state index contributed by atoms with van der Waals surface area (Å²) in [5, 5.41) is 21.3. The number of guanidine groups is 1. The van der Waals surface area contributed by atoms with E-state index in [0.29, 0.717) is 0 Å². The first-order chi connectivity index (χ1) is 6.85. The molecule has 0 aromatic carbocycles. The van der Waals surface area contributed by atoms with Gasteiger partial charge in [-0.25, -0.2) is 4.79 Å². The molecule has 3 unspecified atom stereocenters. The van der Waals surface area contributed by atoms with Crippen molar-refractivity contribution in [1.82, 2.24) is 5.32 Å². The molecule has 86 valence electrons. The van der Waals surface area contributed by atoms with Crippen LogP contribution in [0.3, 0.4) is 0 Å². The Bertz CT molecular complexity index is 291. The Hall–Kier alpha value is -1.38. The Kier molecular flexibility index (Phi) is 3.12. The molecule has 0 aromatic heterocycles. The number of aliphatic hydroxyl groups excluding tert-OH is 1. The number of nitrogens with two attached hydrogens (primary N) is 2. The van der Waals surface area contributed by atoms with Crippen LogP contribution in [0.1, 0.15) is 6.92 Å². The molecule has 1 aliphatic heterocycles. The summed E-state index contributed by atoms with van der Waals surface area (Å²) in [7, 11) is 0. The Balaban J connectivity index is 2.65. The topological polar surface area (TPSA) is 143 Å². The molecule has 0 spiro atoms. The zero-order chi connectivity index (χ0) is 11.6. The highest BCUT2D eigenvalue weighted by Crippen LogP contribution is 2.22. The molecule has 8 heteroatoms. The summed E-state index contributed by atoms with van der Waals surface area (Å²) in [5.74, 6) is -0.433. The normalized spacial score (nSPS) is 34.9. The zero-order valence-corrected chi connectivity index (χ0v) is 8.17. The van der Waals surface area contributed by atoms with E-state index in [4.69, 9.17) is 16.2 Å². The highest BCUT2D eigenvalue weighted by molar-refractivity contribution is 5.90. The molecule has 2 amide bonds. The molecule has 0 radical (unpaired) electrons. The van der Waals surface area contributed by atoms with E-state index in [2.05, 4.69) is 10.3 Å². The number of ether oxygens (including phenoxy) is 1. The minimum absolute atomic E-state index is 0.221. The molecule has 1 fully saturated rings. The number of hydrogen-bond acceptors (Lipinski definition) is 4.